The van der Waals surface area contributed by atoms with Crippen molar-refractivity contribution in [1.29, 1.82) is 0 Å². The second-order valence-corrected chi connectivity index (χ2v) is 6.05. The molecule has 1 atom stereocenters. The summed E-state index contributed by atoms with van der Waals surface area (Å²) in [4.78, 5) is 2.55. The third-order valence-corrected chi connectivity index (χ3v) is 4.28. The van der Waals surface area contributed by atoms with Crippen LogP contribution in [-0.2, 0) is 6.42 Å². The number of benzene rings is 1. The van der Waals surface area contributed by atoms with Crippen LogP contribution in [0.4, 0.5) is 4.39 Å². The predicted octanol–water partition coefficient (Wildman–Crippen LogP) is 3.22. The molecule has 0 radical (unpaired) electrons. The number of hydrogen-bond donors (Lipinski definition) is 1. The lowest BCUT2D eigenvalue weighted by atomic mass is 10.1. The van der Waals surface area contributed by atoms with Gasteiger partial charge in [-0.05, 0) is 70.8 Å². The molecule has 0 saturated carbocycles. The Kier molecular flexibility index (Phi) is 5.99. The van der Waals surface area contributed by atoms with Crippen molar-refractivity contribution in [1.82, 2.24) is 10.2 Å². The maximum Gasteiger partial charge on any atom is 0.126 e. The van der Waals surface area contributed by atoms with Gasteiger partial charge in [-0.3, -0.25) is 0 Å². The Labute approximate surface area is 122 Å². The van der Waals surface area contributed by atoms with E-state index in [0.29, 0.717) is 12.1 Å². The van der Waals surface area contributed by atoms with E-state index in [1.807, 2.05) is 12.1 Å². The van der Waals surface area contributed by atoms with Gasteiger partial charge in [0.15, 0.2) is 0 Å². The second kappa shape index (κ2) is 7.75. The summed E-state index contributed by atoms with van der Waals surface area (Å²) < 4.78 is 13.5. The van der Waals surface area contributed by atoms with Crippen molar-refractivity contribution in [2.24, 2.45) is 0 Å². The van der Waals surface area contributed by atoms with E-state index in [1.54, 1.807) is 12.1 Å². The van der Waals surface area contributed by atoms with Crippen LogP contribution in [0.3, 0.4) is 0 Å². The molecule has 1 unspecified atom stereocenters. The molecular weight excluding hydrogens is 251 g/mol. The second-order valence-electron chi connectivity index (χ2n) is 6.05. The standard InChI is InChI=1S/C17H27FN2/c1-14(2)20-12-5-7-16(10-13-20)19-11-9-15-6-3-4-8-17(15)18/h3-4,6,8,14,16,19H,5,7,9-13H2,1-2H3. The highest BCUT2D eigenvalue weighted by Crippen LogP contribution is 2.13. The molecule has 20 heavy (non-hydrogen) atoms. The molecule has 3 heteroatoms. The summed E-state index contributed by atoms with van der Waals surface area (Å²) in [6, 6.07) is 8.31. The summed E-state index contributed by atoms with van der Waals surface area (Å²) in [7, 11) is 0. The largest absolute Gasteiger partial charge is 0.314 e. The van der Waals surface area contributed by atoms with Gasteiger partial charge < -0.3 is 10.2 Å². The third-order valence-electron chi connectivity index (χ3n) is 4.28. The van der Waals surface area contributed by atoms with E-state index >= 15 is 0 Å². The summed E-state index contributed by atoms with van der Waals surface area (Å²) in [5, 5.41) is 3.60. The van der Waals surface area contributed by atoms with Crippen LogP contribution in [0, 0.1) is 5.82 Å². The quantitative estimate of drug-likeness (QED) is 0.889. The Morgan fingerprint density at radius 3 is 2.80 bits per heavy atom. The van der Waals surface area contributed by atoms with Gasteiger partial charge in [-0.25, -0.2) is 4.39 Å². The van der Waals surface area contributed by atoms with E-state index in [-0.39, 0.29) is 5.82 Å². The smallest absolute Gasteiger partial charge is 0.126 e. The van der Waals surface area contributed by atoms with Gasteiger partial charge in [-0.2, -0.15) is 0 Å². The number of likely N-dealkylation sites (tertiary alicyclic amines) is 1. The molecule has 0 amide bonds. The number of nitrogens with one attached hydrogen (secondary N) is 1. The highest BCUT2D eigenvalue weighted by Gasteiger charge is 2.18. The van der Waals surface area contributed by atoms with Gasteiger partial charge in [0.2, 0.25) is 0 Å². The number of nitrogens with zero attached hydrogens (tertiary/aromatic N) is 1. The Morgan fingerprint density at radius 1 is 1.25 bits per heavy atom. The van der Waals surface area contributed by atoms with Crippen LogP contribution < -0.4 is 5.32 Å². The predicted molar refractivity (Wildman–Crippen MR) is 82.5 cm³/mol. The molecule has 1 aliphatic rings. The molecule has 0 aromatic heterocycles. The molecule has 0 aliphatic carbocycles. The van der Waals surface area contributed by atoms with E-state index in [1.165, 1.54) is 32.4 Å². The highest BCUT2D eigenvalue weighted by molar-refractivity contribution is 5.17. The van der Waals surface area contributed by atoms with Gasteiger partial charge in [0.1, 0.15) is 5.82 Å². The first-order chi connectivity index (χ1) is 9.66. The first-order valence-electron chi connectivity index (χ1n) is 7.87. The summed E-state index contributed by atoms with van der Waals surface area (Å²) in [5.74, 6) is -0.0823. The molecule has 1 heterocycles. The van der Waals surface area contributed by atoms with E-state index < -0.39 is 0 Å². The van der Waals surface area contributed by atoms with Crippen molar-refractivity contribution in [2.75, 3.05) is 19.6 Å². The van der Waals surface area contributed by atoms with Gasteiger partial charge in [0, 0.05) is 12.1 Å². The summed E-state index contributed by atoms with van der Waals surface area (Å²) >= 11 is 0. The summed E-state index contributed by atoms with van der Waals surface area (Å²) in [5.41, 5.74) is 0.817. The van der Waals surface area contributed by atoms with Crippen LogP contribution in [-0.4, -0.2) is 36.6 Å². The van der Waals surface area contributed by atoms with Crippen LogP contribution in [0.25, 0.3) is 0 Å². The fourth-order valence-corrected chi connectivity index (χ4v) is 2.95. The molecule has 1 fully saturated rings. The third kappa shape index (κ3) is 4.57. The average Bonchev–Trinajstić information content (AvgIpc) is 2.67. The van der Waals surface area contributed by atoms with Crippen LogP contribution in [0.15, 0.2) is 24.3 Å². The Balaban J connectivity index is 1.73. The molecule has 0 spiro atoms. The summed E-state index contributed by atoms with van der Waals surface area (Å²) in [6.07, 6.45) is 4.47. The summed E-state index contributed by atoms with van der Waals surface area (Å²) in [6.45, 7) is 7.79. The number of rotatable bonds is 5. The van der Waals surface area contributed by atoms with E-state index in [2.05, 4.69) is 24.1 Å². The number of halogens is 1. The molecule has 2 nitrogen and oxygen atoms in total. The van der Waals surface area contributed by atoms with E-state index in [9.17, 15) is 4.39 Å². The monoisotopic (exact) mass is 278 g/mol. The molecular formula is C17H27FN2. The zero-order chi connectivity index (χ0) is 14.4. The molecule has 1 aromatic rings. The van der Waals surface area contributed by atoms with Gasteiger partial charge >= 0.3 is 0 Å². The highest BCUT2D eigenvalue weighted by atomic mass is 19.1. The fraction of sp³-hybridized carbons (Fsp3) is 0.647. The first kappa shape index (κ1) is 15.5. The normalized spacial score (nSPS) is 21.1. The molecule has 1 aromatic carbocycles. The molecule has 1 aliphatic heterocycles. The van der Waals surface area contributed by atoms with Crippen molar-refractivity contribution in [3.8, 4) is 0 Å². The minimum atomic E-state index is -0.0823. The van der Waals surface area contributed by atoms with Gasteiger partial charge in [0.25, 0.3) is 0 Å². The lowest BCUT2D eigenvalue weighted by Gasteiger charge is -2.24. The van der Waals surface area contributed by atoms with Crippen molar-refractivity contribution >= 4 is 0 Å². The van der Waals surface area contributed by atoms with E-state index in [4.69, 9.17) is 0 Å². The van der Waals surface area contributed by atoms with Crippen LogP contribution in [0.1, 0.15) is 38.7 Å². The molecule has 1 N–H and O–H groups in total. The van der Waals surface area contributed by atoms with Crippen molar-refractivity contribution in [3.63, 3.8) is 0 Å². The van der Waals surface area contributed by atoms with Crippen LogP contribution in [0.5, 0.6) is 0 Å². The van der Waals surface area contributed by atoms with Crippen LogP contribution in [0.2, 0.25) is 0 Å². The number of hydrogen-bond acceptors (Lipinski definition) is 2. The minimum Gasteiger partial charge on any atom is -0.314 e. The molecule has 0 bridgehead atoms. The zero-order valence-electron chi connectivity index (χ0n) is 12.7. The SMILES string of the molecule is CC(C)N1CCCC(NCCc2ccccc2F)CC1. The maximum absolute atomic E-state index is 13.5. The van der Waals surface area contributed by atoms with Crippen molar-refractivity contribution in [3.05, 3.63) is 35.6 Å². The topological polar surface area (TPSA) is 15.3 Å². The zero-order valence-corrected chi connectivity index (χ0v) is 12.7. The van der Waals surface area contributed by atoms with Gasteiger partial charge in [0.05, 0.1) is 0 Å². The molecule has 2 rings (SSSR count). The Morgan fingerprint density at radius 2 is 2.05 bits per heavy atom. The molecule has 1 saturated heterocycles. The maximum atomic E-state index is 13.5. The Bertz CT molecular complexity index is 406. The minimum absolute atomic E-state index is 0.0823. The average molecular weight is 278 g/mol. The van der Waals surface area contributed by atoms with Crippen molar-refractivity contribution < 1.29 is 4.39 Å². The molecule has 112 valence electrons. The van der Waals surface area contributed by atoms with Gasteiger partial charge in [-0.1, -0.05) is 18.2 Å². The van der Waals surface area contributed by atoms with Gasteiger partial charge in [-0.15, -0.1) is 0 Å². The van der Waals surface area contributed by atoms with Crippen molar-refractivity contribution in [2.45, 2.75) is 51.6 Å². The fourth-order valence-electron chi connectivity index (χ4n) is 2.95. The first-order valence-corrected chi connectivity index (χ1v) is 7.87. The lowest BCUT2D eigenvalue weighted by molar-refractivity contribution is 0.229. The van der Waals surface area contributed by atoms with Crippen LogP contribution >= 0.6 is 0 Å². The van der Waals surface area contributed by atoms with E-state index in [0.717, 1.165) is 18.5 Å². The Hall–Kier alpha value is -0.930. The lowest BCUT2D eigenvalue weighted by Crippen LogP contribution is -2.34.